The highest BCUT2D eigenvalue weighted by molar-refractivity contribution is 7.25. The molecule has 0 aliphatic heterocycles. The second-order valence-corrected chi connectivity index (χ2v) is 6.61. The van der Waals surface area contributed by atoms with Crippen LogP contribution < -0.4 is 0 Å². The van der Waals surface area contributed by atoms with Gasteiger partial charge in [-0.15, -0.1) is 11.3 Å². The third-order valence-electron chi connectivity index (χ3n) is 2.79. The molecule has 0 saturated carbocycles. The molecule has 0 spiro atoms. The minimum atomic E-state index is -0.475. The van der Waals surface area contributed by atoms with Crippen molar-refractivity contribution >= 4 is 37.6 Å². The van der Waals surface area contributed by atoms with Crippen molar-refractivity contribution in [1.82, 2.24) is 4.57 Å². The van der Waals surface area contributed by atoms with E-state index in [-0.39, 0.29) is 6.09 Å². The quantitative estimate of drug-likeness (QED) is 0.597. The summed E-state index contributed by atoms with van der Waals surface area (Å²) < 4.78 is 9.23. The minimum absolute atomic E-state index is 0.333. The lowest BCUT2D eigenvalue weighted by Gasteiger charge is -2.19. The average Bonchev–Trinajstić information content (AvgIpc) is 2.83. The monoisotopic (exact) mass is 273 g/mol. The number of thiophene rings is 1. The van der Waals surface area contributed by atoms with Gasteiger partial charge in [0.25, 0.3) is 0 Å². The zero-order chi connectivity index (χ0) is 13.6. The van der Waals surface area contributed by atoms with Gasteiger partial charge >= 0.3 is 6.09 Å². The van der Waals surface area contributed by atoms with E-state index in [9.17, 15) is 4.79 Å². The summed E-state index contributed by atoms with van der Waals surface area (Å²) in [7, 11) is 0. The molecule has 0 bridgehead atoms. The van der Waals surface area contributed by atoms with Gasteiger partial charge in [-0.1, -0.05) is 18.2 Å². The Kier molecular flexibility index (Phi) is 2.64. The van der Waals surface area contributed by atoms with Gasteiger partial charge < -0.3 is 4.74 Å². The summed E-state index contributed by atoms with van der Waals surface area (Å²) in [5.74, 6) is 0. The predicted octanol–water partition coefficient (Wildman–Crippen LogP) is 4.64. The molecule has 4 heteroatoms. The number of carbonyl (C=O) groups is 1. The van der Waals surface area contributed by atoms with Crippen molar-refractivity contribution in [3.05, 3.63) is 36.7 Å². The first-order chi connectivity index (χ1) is 8.94. The zero-order valence-electron chi connectivity index (χ0n) is 11.1. The van der Waals surface area contributed by atoms with Crippen molar-refractivity contribution in [2.75, 3.05) is 0 Å². The van der Waals surface area contributed by atoms with E-state index in [1.807, 2.05) is 45.3 Å². The fourth-order valence-electron chi connectivity index (χ4n) is 2.04. The molecule has 98 valence electrons. The lowest BCUT2D eigenvalue weighted by atomic mass is 10.2. The van der Waals surface area contributed by atoms with E-state index in [0.717, 1.165) is 10.1 Å². The topological polar surface area (TPSA) is 31.2 Å². The molecule has 0 N–H and O–H groups in total. The first-order valence-electron chi connectivity index (χ1n) is 6.17. The molecule has 0 aliphatic carbocycles. The standard InChI is InChI=1S/C15H15NO2S/c1-15(2,3)18-14(17)16-8-11-10-6-4-5-7-12(10)19-13(11)9-16/h4-9H,1-3H3. The van der Waals surface area contributed by atoms with Crippen LogP contribution in [0.1, 0.15) is 20.8 Å². The molecule has 0 atom stereocenters. The summed E-state index contributed by atoms with van der Waals surface area (Å²) in [6.07, 6.45) is 3.36. The second-order valence-electron chi connectivity index (χ2n) is 5.52. The first kappa shape index (κ1) is 12.2. The highest BCUT2D eigenvalue weighted by atomic mass is 32.1. The van der Waals surface area contributed by atoms with Crippen LogP contribution in [0.5, 0.6) is 0 Å². The molecule has 3 nitrogen and oxygen atoms in total. The van der Waals surface area contributed by atoms with Crippen LogP contribution in [-0.2, 0) is 4.74 Å². The van der Waals surface area contributed by atoms with E-state index in [0.29, 0.717) is 0 Å². The molecule has 19 heavy (non-hydrogen) atoms. The van der Waals surface area contributed by atoms with Crippen molar-refractivity contribution in [1.29, 1.82) is 0 Å². The van der Waals surface area contributed by atoms with Crippen LogP contribution in [0.2, 0.25) is 0 Å². The van der Waals surface area contributed by atoms with E-state index >= 15 is 0 Å². The number of benzene rings is 1. The molecule has 0 saturated heterocycles. The zero-order valence-corrected chi connectivity index (χ0v) is 12.0. The molecule has 0 radical (unpaired) electrons. The van der Waals surface area contributed by atoms with E-state index in [2.05, 4.69) is 12.1 Å². The van der Waals surface area contributed by atoms with Crippen molar-refractivity contribution in [3.63, 3.8) is 0 Å². The van der Waals surface area contributed by atoms with E-state index < -0.39 is 5.60 Å². The number of aromatic nitrogens is 1. The predicted molar refractivity (Wildman–Crippen MR) is 79.0 cm³/mol. The van der Waals surface area contributed by atoms with Gasteiger partial charge in [0.2, 0.25) is 0 Å². The molecule has 0 aliphatic rings. The first-order valence-corrected chi connectivity index (χ1v) is 6.98. The van der Waals surface area contributed by atoms with Gasteiger partial charge in [0.15, 0.2) is 0 Å². The molecular formula is C15H15NO2S. The summed E-state index contributed by atoms with van der Waals surface area (Å²) >= 11 is 1.69. The number of nitrogens with zero attached hydrogens (tertiary/aromatic N) is 1. The lowest BCUT2D eigenvalue weighted by molar-refractivity contribution is 0.0538. The molecule has 2 heterocycles. The Hall–Kier alpha value is -1.81. The fourth-order valence-corrected chi connectivity index (χ4v) is 3.15. The number of rotatable bonds is 0. The summed E-state index contributed by atoms with van der Waals surface area (Å²) in [5.41, 5.74) is -0.475. The van der Waals surface area contributed by atoms with Crippen LogP contribution in [0.3, 0.4) is 0 Å². The Morgan fingerprint density at radius 3 is 2.58 bits per heavy atom. The average molecular weight is 273 g/mol. The van der Waals surface area contributed by atoms with Gasteiger partial charge in [-0.3, -0.25) is 4.57 Å². The SMILES string of the molecule is CC(C)(C)OC(=O)n1cc2sc3ccccc3c2c1. The van der Waals surface area contributed by atoms with Gasteiger partial charge in [-0.25, -0.2) is 4.79 Å². The van der Waals surface area contributed by atoms with Gasteiger partial charge in [-0.2, -0.15) is 0 Å². The maximum atomic E-state index is 12.0. The highest BCUT2D eigenvalue weighted by Crippen LogP contribution is 2.34. The van der Waals surface area contributed by atoms with Crippen molar-refractivity contribution in [2.24, 2.45) is 0 Å². The smallest absolute Gasteiger partial charge is 0.418 e. The summed E-state index contributed by atoms with van der Waals surface area (Å²) in [6.45, 7) is 5.60. The largest absolute Gasteiger partial charge is 0.443 e. The number of hydrogen-bond donors (Lipinski definition) is 0. The normalized spacial score (nSPS) is 12.2. The molecule has 2 aromatic heterocycles. The van der Waals surface area contributed by atoms with Gasteiger partial charge in [0, 0.05) is 27.9 Å². The lowest BCUT2D eigenvalue weighted by Crippen LogP contribution is -2.26. The van der Waals surface area contributed by atoms with Crippen molar-refractivity contribution < 1.29 is 9.53 Å². The maximum absolute atomic E-state index is 12.0. The molecular weight excluding hydrogens is 258 g/mol. The Balaban J connectivity index is 2.05. The molecule has 0 amide bonds. The Morgan fingerprint density at radius 2 is 1.84 bits per heavy atom. The number of ether oxygens (including phenoxy) is 1. The number of hydrogen-bond acceptors (Lipinski definition) is 3. The molecule has 1 aromatic carbocycles. The summed E-state index contributed by atoms with van der Waals surface area (Å²) in [4.78, 5) is 12.0. The summed E-state index contributed by atoms with van der Waals surface area (Å²) in [6, 6.07) is 8.21. The van der Waals surface area contributed by atoms with Crippen molar-refractivity contribution in [2.45, 2.75) is 26.4 Å². The fraction of sp³-hybridized carbons (Fsp3) is 0.267. The van der Waals surface area contributed by atoms with E-state index in [4.69, 9.17) is 4.74 Å². The molecule has 3 rings (SSSR count). The van der Waals surface area contributed by atoms with Gasteiger partial charge in [0.1, 0.15) is 5.60 Å². The highest BCUT2D eigenvalue weighted by Gasteiger charge is 2.18. The Morgan fingerprint density at radius 1 is 1.11 bits per heavy atom. The second kappa shape index (κ2) is 4.10. The molecule has 3 aromatic rings. The van der Waals surface area contributed by atoms with Crippen LogP contribution in [0, 0.1) is 0 Å². The molecule has 0 unspecified atom stereocenters. The van der Waals surface area contributed by atoms with Crippen LogP contribution in [0.4, 0.5) is 4.79 Å². The Labute approximate surface area is 115 Å². The summed E-state index contributed by atoms with van der Waals surface area (Å²) in [5, 5.41) is 2.29. The maximum Gasteiger partial charge on any atom is 0.418 e. The van der Waals surface area contributed by atoms with Crippen LogP contribution in [0.25, 0.3) is 20.2 Å². The van der Waals surface area contributed by atoms with Crippen LogP contribution >= 0.6 is 11.3 Å². The number of carbonyl (C=O) groups excluding carboxylic acids is 1. The van der Waals surface area contributed by atoms with Crippen molar-refractivity contribution in [3.8, 4) is 0 Å². The number of fused-ring (bicyclic) bond motifs is 3. The van der Waals surface area contributed by atoms with Gasteiger partial charge in [-0.05, 0) is 26.8 Å². The Bertz CT molecular complexity index is 761. The van der Waals surface area contributed by atoms with Crippen LogP contribution in [0.15, 0.2) is 36.7 Å². The van der Waals surface area contributed by atoms with Gasteiger partial charge in [0.05, 0.1) is 4.70 Å². The van der Waals surface area contributed by atoms with E-state index in [1.54, 1.807) is 11.3 Å². The third-order valence-corrected chi connectivity index (χ3v) is 3.91. The van der Waals surface area contributed by atoms with E-state index in [1.165, 1.54) is 14.7 Å². The third kappa shape index (κ3) is 2.24. The molecule has 0 fully saturated rings. The minimum Gasteiger partial charge on any atom is -0.443 e. The van der Waals surface area contributed by atoms with Crippen LogP contribution in [-0.4, -0.2) is 16.3 Å².